The van der Waals surface area contributed by atoms with Gasteiger partial charge in [0.1, 0.15) is 10.7 Å². The van der Waals surface area contributed by atoms with E-state index < -0.39 is 0 Å². The molecule has 2 aromatic heterocycles. The van der Waals surface area contributed by atoms with Crippen molar-refractivity contribution < 1.29 is 4.79 Å². The van der Waals surface area contributed by atoms with Crippen LogP contribution in [0.4, 0.5) is 0 Å². The molecule has 3 aromatic rings. The van der Waals surface area contributed by atoms with E-state index in [9.17, 15) is 4.79 Å². The summed E-state index contributed by atoms with van der Waals surface area (Å²) >= 11 is 1.35. The number of hydrogen-bond donors (Lipinski definition) is 2. The lowest BCUT2D eigenvalue weighted by molar-refractivity contribution is 0.0957. The molecule has 7 heteroatoms. The van der Waals surface area contributed by atoms with Crippen molar-refractivity contribution >= 4 is 17.2 Å². The Morgan fingerprint density at radius 1 is 1.32 bits per heavy atom. The highest BCUT2D eigenvalue weighted by molar-refractivity contribution is 7.11. The molecule has 0 atom stereocenters. The van der Waals surface area contributed by atoms with E-state index in [1.54, 1.807) is 5.51 Å². The summed E-state index contributed by atoms with van der Waals surface area (Å²) in [7, 11) is 0. The zero-order chi connectivity index (χ0) is 15.4. The fourth-order valence-electron chi connectivity index (χ4n) is 2.02. The Bertz CT molecular complexity index is 765. The van der Waals surface area contributed by atoms with Gasteiger partial charge in [-0.05, 0) is 6.92 Å². The standard InChI is InChI=1S/C15H15N5OS/c1-10-13(22-9-17-10)15(21)16-8-7-12-18-14(20-19-12)11-5-3-2-4-6-11/h2-6,9H,7-8H2,1H3,(H,16,21)(H,18,19,20). The summed E-state index contributed by atoms with van der Waals surface area (Å²) in [5, 5.41) is 9.96. The summed E-state index contributed by atoms with van der Waals surface area (Å²) in [6.45, 7) is 2.33. The third-order valence-electron chi connectivity index (χ3n) is 3.16. The van der Waals surface area contributed by atoms with Crippen molar-refractivity contribution in [3.63, 3.8) is 0 Å². The fraction of sp³-hybridized carbons (Fsp3) is 0.200. The highest BCUT2D eigenvalue weighted by Crippen LogP contribution is 2.13. The van der Waals surface area contributed by atoms with Gasteiger partial charge >= 0.3 is 0 Å². The Labute approximate surface area is 131 Å². The number of H-pyrrole nitrogens is 1. The van der Waals surface area contributed by atoms with Gasteiger partial charge in [0, 0.05) is 18.5 Å². The highest BCUT2D eigenvalue weighted by Gasteiger charge is 2.11. The molecule has 0 saturated heterocycles. The van der Waals surface area contributed by atoms with Gasteiger partial charge in [-0.1, -0.05) is 30.3 Å². The molecule has 6 nitrogen and oxygen atoms in total. The van der Waals surface area contributed by atoms with E-state index in [-0.39, 0.29) is 5.91 Å². The van der Waals surface area contributed by atoms with Crippen molar-refractivity contribution in [3.05, 3.63) is 52.2 Å². The molecule has 2 heterocycles. The second kappa shape index (κ2) is 6.48. The third-order valence-corrected chi connectivity index (χ3v) is 4.09. The molecule has 0 unspecified atom stereocenters. The Kier molecular flexibility index (Phi) is 4.24. The predicted octanol–water partition coefficient (Wildman–Crippen LogP) is 2.21. The van der Waals surface area contributed by atoms with E-state index >= 15 is 0 Å². The molecule has 1 amide bonds. The van der Waals surface area contributed by atoms with Gasteiger partial charge in [-0.15, -0.1) is 11.3 Å². The number of rotatable bonds is 5. The fourth-order valence-corrected chi connectivity index (χ4v) is 2.74. The van der Waals surface area contributed by atoms with E-state index in [1.807, 2.05) is 37.3 Å². The van der Waals surface area contributed by atoms with E-state index in [4.69, 9.17) is 0 Å². The van der Waals surface area contributed by atoms with Gasteiger partial charge in [0.2, 0.25) is 0 Å². The molecule has 22 heavy (non-hydrogen) atoms. The van der Waals surface area contributed by atoms with Crippen LogP contribution in [-0.4, -0.2) is 32.6 Å². The number of thiazole rings is 1. The number of nitrogens with zero attached hydrogens (tertiary/aromatic N) is 3. The Morgan fingerprint density at radius 3 is 2.86 bits per heavy atom. The summed E-state index contributed by atoms with van der Waals surface area (Å²) in [4.78, 5) is 21.1. The number of benzene rings is 1. The lowest BCUT2D eigenvalue weighted by atomic mass is 10.2. The van der Waals surface area contributed by atoms with Crippen LogP contribution in [0, 0.1) is 6.92 Å². The molecule has 1 aromatic carbocycles. The van der Waals surface area contributed by atoms with Crippen LogP contribution >= 0.6 is 11.3 Å². The summed E-state index contributed by atoms with van der Waals surface area (Å²) in [6.07, 6.45) is 0.601. The average Bonchev–Trinajstić information content (AvgIpc) is 3.17. The molecule has 0 saturated carbocycles. The van der Waals surface area contributed by atoms with Gasteiger partial charge in [-0.25, -0.2) is 9.97 Å². The van der Waals surface area contributed by atoms with Crippen LogP contribution in [0.25, 0.3) is 11.4 Å². The summed E-state index contributed by atoms with van der Waals surface area (Å²) in [5.41, 5.74) is 3.40. The van der Waals surface area contributed by atoms with Gasteiger partial charge in [-0.2, -0.15) is 5.10 Å². The van der Waals surface area contributed by atoms with Crippen molar-refractivity contribution in [2.45, 2.75) is 13.3 Å². The third kappa shape index (κ3) is 3.20. The maximum atomic E-state index is 12.0. The molecule has 0 radical (unpaired) electrons. The number of aromatic amines is 1. The zero-order valence-corrected chi connectivity index (χ0v) is 12.9. The van der Waals surface area contributed by atoms with Crippen LogP contribution in [0.5, 0.6) is 0 Å². The number of nitrogens with one attached hydrogen (secondary N) is 2. The minimum atomic E-state index is -0.0946. The zero-order valence-electron chi connectivity index (χ0n) is 12.0. The maximum Gasteiger partial charge on any atom is 0.263 e. The molecule has 0 aliphatic carbocycles. The van der Waals surface area contributed by atoms with E-state index in [1.165, 1.54) is 11.3 Å². The molecular weight excluding hydrogens is 298 g/mol. The average molecular weight is 313 g/mol. The Balaban J connectivity index is 1.56. The minimum absolute atomic E-state index is 0.0946. The predicted molar refractivity (Wildman–Crippen MR) is 84.7 cm³/mol. The molecule has 2 N–H and O–H groups in total. The molecule has 0 spiro atoms. The second-order valence-electron chi connectivity index (χ2n) is 4.74. The maximum absolute atomic E-state index is 12.0. The first-order valence-corrected chi connectivity index (χ1v) is 7.77. The largest absolute Gasteiger partial charge is 0.351 e. The Morgan fingerprint density at radius 2 is 2.14 bits per heavy atom. The molecule has 0 aliphatic heterocycles. The van der Waals surface area contributed by atoms with Crippen molar-refractivity contribution in [3.8, 4) is 11.4 Å². The topological polar surface area (TPSA) is 83.6 Å². The van der Waals surface area contributed by atoms with E-state index in [0.717, 1.165) is 17.1 Å². The molecule has 0 fully saturated rings. The first-order chi connectivity index (χ1) is 10.7. The van der Waals surface area contributed by atoms with Crippen LogP contribution in [0.1, 0.15) is 21.2 Å². The smallest absolute Gasteiger partial charge is 0.263 e. The number of aryl methyl sites for hydroxylation is 1. The summed E-state index contributed by atoms with van der Waals surface area (Å²) < 4.78 is 0. The van der Waals surface area contributed by atoms with Gasteiger partial charge in [0.15, 0.2) is 5.82 Å². The Hall–Kier alpha value is -2.54. The van der Waals surface area contributed by atoms with E-state index in [2.05, 4.69) is 25.5 Å². The van der Waals surface area contributed by atoms with Gasteiger partial charge in [0.05, 0.1) is 11.2 Å². The van der Waals surface area contributed by atoms with Gasteiger partial charge < -0.3 is 5.32 Å². The highest BCUT2D eigenvalue weighted by atomic mass is 32.1. The van der Waals surface area contributed by atoms with Crippen LogP contribution in [0.15, 0.2) is 35.8 Å². The molecular formula is C15H15N5OS. The van der Waals surface area contributed by atoms with Crippen molar-refractivity contribution in [2.75, 3.05) is 6.54 Å². The number of aromatic nitrogens is 4. The normalized spacial score (nSPS) is 10.6. The SMILES string of the molecule is Cc1ncsc1C(=O)NCCc1nc(-c2ccccc2)n[nH]1. The molecule has 112 valence electrons. The first-order valence-electron chi connectivity index (χ1n) is 6.89. The number of amides is 1. The van der Waals surface area contributed by atoms with Crippen LogP contribution in [-0.2, 0) is 6.42 Å². The monoisotopic (exact) mass is 313 g/mol. The van der Waals surface area contributed by atoms with Gasteiger partial charge in [-0.3, -0.25) is 9.89 Å². The van der Waals surface area contributed by atoms with E-state index in [0.29, 0.717) is 23.7 Å². The van der Waals surface area contributed by atoms with Crippen LogP contribution < -0.4 is 5.32 Å². The minimum Gasteiger partial charge on any atom is -0.351 e. The van der Waals surface area contributed by atoms with Crippen molar-refractivity contribution in [2.24, 2.45) is 0 Å². The first kappa shape index (κ1) is 14.4. The lowest BCUT2D eigenvalue weighted by Crippen LogP contribution is -2.25. The molecule has 0 bridgehead atoms. The number of carbonyl (C=O) groups is 1. The summed E-state index contributed by atoms with van der Waals surface area (Å²) in [6, 6.07) is 9.77. The number of carbonyl (C=O) groups excluding carboxylic acids is 1. The van der Waals surface area contributed by atoms with Crippen LogP contribution in [0.2, 0.25) is 0 Å². The van der Waals surface area contributed by atoms with Crippen molar-refractivity contribution in [1.29, 1.82) is 0 Å². The second-order valence-corrected chi connectivity index (χ2v) is 5.60. The lowest BCUT2D eigenvalue weighted by Gasteiger charge is -2.02. The molecule has 0 aliphatic rings. The van der Waals surface area contributed by atoms with Crippen molar-refractivity contribution in [1.82, 2.24) is 25.5 Å². The van der Waals surface area contributed by atoms with Crippen LogP contribution in [0.3, 0.4) is 0 Å². The quantitative estimate of drug-likeness (QED) is 0.756. The number of hydrogen-bond acceptors (Lipinski definition) is 5. The summed E-state index contributed by atoms with van der Waals surface area (Å²) in [5.74, 6) is 1.32. The van der Waals surface area contributed by atoms with Gasteiger partial charge in [0.25, 0.3) is 5.91 Å². The molecule has 3 rings (SSSR count).